The summed E-state index contributed by atoms with van der Waals surface area (Å²) in [4.78, 5) is 8.85. The lowest BCUT2D eigenvalue weighted by Crippen LogP contribution is -2.10. The summed E-state index contributed by atoms with van der Waals surface area (Å²) >= 11 is 6.06. The number of hydrogen-bond donors (Lipinski definition) is 1. The Morgan fingerprint density at radius 2 is 2.10 bits per heavy atom. The van der Waals surface area contributed by atoms with Crippen molar-refractivity contribution in [3.63, 3.8) is 0 Å². The molecule has 2 aromatic heterocycles. The van der Waals surface area contributed by atoms with Crippen molar-refractivity contribution in [2.24, 2.45) is 0 Å². The molecule has 2 heterocycles. The van der Waals surface area contributed by atoms with Crippen LogP contribution >= 0.6 is 11.6 Å². The predicted octanol–water partition coefficient (Wildman–Crippen LogP) is 3.58. The molecule has 0 aliphatic rings. The minimum atomic E-state index is 0.0213. The highest BCUT2D eigenvalue weighted by Gasteiger charge is 2.17. The highest BCUT2D eigenvalue weighted by Crippen LogP contribution is 2.28. The molecule has 1 unspecified atom stereocenters. The molecule has 0 aliphatic heterocycles. The van der Waals surface area contributed by atoms with Gasteiger partial charge in [0.15, 0.2) is 5.65 Å². The van der Waals surface area contributed by atoms with Crippen molar-refractivity contribution in [2.45, 2.75) is 19.9 Å². The van der Waals surface area contributed by atoms with Crippen LogP contribution in [0.2, 0.25) is 5.02 Å². The van der Waals surface area contributed by atoms with Crippen molar-refractivity contribution >= 4 is 28.7 Å². The number of imidazole rings is 1. The number of hydrogen-bond acceptors (Lipinski definition) is 3. The molecule has 5 heteroatoms. The van der Waals surface area contributed by atoms with E-state index in [9.17, 15) is 0 Å². The molecule has 2 N–H and O–H groups in total. The van der Waals surface area contributed by atoms with Crippen molar-refractivity contribution in [3.05, 3.63) is 52.7 Å². The highest BCUT2D eigenvalue weighted by molar-refractivity contribution is 6.30. The molecule has 0 fully saturated rings. The number of nitrogens with two attached hydrogens (primary N) is 1. The number of halogens is 1. The zero-order chi connectivity index (χ0) is 14.3. The van der Waals surface area contributed by atoms with E-state index in [1.54, 1.807) is 6.20 Å². The molecule has 4 nitrogen and oxygen atoms in total. The van der Waals surface area contributed by atoms with Gasteiger partial charge in [0.1, 0.15) is 5.52 Å². The van der Waals surface area contributed by atoms with Crippen LogP contribution in [0.1, 0.15) is 24.1 Å². The number of aryl methyl sites for hydroxylation is 1. The molecule has 0 aliphatic carbocycles. The van der Waals surface area contributed by atoms with Crippen molar-refractivity contribution in [1.82, 2.24) is 14.5 Å². The Morgan fingerprint density at radius 1 is 1.30 bits per heavy atom. The van der Waals surface area contributed by atoms with Gasteiger partial charge in [-0.1, -0.05) is 23.7 Å². The lowest BCUT2D eigenvalue weighted by molar-refractivity contribution is 0.662. The average Bonchev–Trinajstić information content (AvgIpc) is 2.76. The first-order chi connectivity index (χ1) is 9.58. The van der Waals surface area contributed by atoms with Gasteiger partial charge >= 0.3 is 0 Å². The highest BCUT2D eigenvalue weighted by atomic mass is 35.5. The van der Waals surface area contributed by atoms with Gasteiger partial charge in [0, 0.05) is 11.2 Å². The predicted molar refractivity (Wildman–Crippen MR) is 81.9 cm³/mol. The van der Waals surface area contributed by atoms with Gasteiger partial charge in [0.25, 0.3) is 0 Å². The Kier molecular flexibility index (Phi) is 3.10. The summed E-state index contributed by atoms with van der Waals surface area (Å²) in [5, 5.41) is 0.710. The summed E-state index contributed by atoms with van der Waals surface area (Å²) in [7, 11) is 0. The van der Waals surface area contributed by atoms with Crippen LogP contribution in [0.5, 0.6) is 0 Å². The van der Waals surface area contributed by atoms with Gasteiger partial charge in [-0.15, -0.1) is 0 Å². The van der Waals surface area contributed by atoms with E-state index in [0.29, 0.717) is 11.0 Å². The zero-order valence-electron chi connectivity index (χ0n) is 11.3. The van der Waals surface area contributed by atoms with Crippen molar-refractivity contribution in [1.29, 1.82) is 0 Å². The monoisotopic (exact) mass is 286 g/mol. The molecule has 3 aromatic rings. The van der Waals surface area contributed by atoms with E-state index in [1.807, 2.05) is 41.8 Å². The smallest absolute Gasteiger partial charge is 0.203 e. The fraction of sp³-hybridized carbons (Fsp3) is 0.200. The van der Waals surface area contributed by atoms with E-state index in [1.165, 1.54) is 0 Å². The number of nitrogens with zero attached hydrogens (tertiary/aromatic N) is 3. The number of aromatic nitrogens is 3. The average molecular weight is 287 g/mol. The van der Waals surface area contributed by atoms with E-state index < -0.39 is 0 Å². The maximum absolute atomic E-state index is 6.08. The van der Waals surface area contributed by atoms with Gasteiger partial charge in [0.2, 0.25) is 5.95 Å². The second kappa shape index (κ2) is 4.80. The van der Waals surface area contributed by atoms with E-state index in [0.717, 1.165) is 22.3 Å². The van der Waals surface area contributed by atoms with E-state index >= 15 is 0 Å². The molecule has 0 bridgehead atoms. The van der Waals surface area contributed by atoms with E-state index in [4.69, 9.17) is 17.3 Å². The van der Waals surface area contributed by atoms with Gasteiger partial charge in [0.05, 0.1) is 6.04 Å². The molecule has 102 valence electrons. The van der Waals surface area contributed by atoms with Crippen LogP contribution in [0.4, 0.5) is 5.95 Å². The lowest BCUT2D eigenvalue weighted by Gasteiger charge is -2.16. The molecular formula is C15H15ClN4. The van der Waals surface area contributed by atoms with Crippen LogP contribution in [-0.2, 0) is 0 Å². The van der Waals surface area contributed by atoms with Gasteiger partial charge in [-0.05, 0) is 43.2 Å². The minimum absolute atomic E-state index is 0.0213. The van der Waals surface area contributed by atoms with Gasteiger partial charge < -0.3 is 5.73 Å². The minimum Gasteiger partial charge on any atom is -0.369 e. The van der Waals surface area contributed by atoms with Gasteiger partial charge in [-0.3, -0.25) is 4.57 Å². The first-order valence-corrected chi connectivity index (χ1v) is 6.80. The van der Waals surface area contributed by atoms with Crippen LogP contribution in [0.25, 0.3) is 11.2 Å². The maximum Gasteiger partial charge on any atom is 0.203 e. The van der Waals surface area contributed by atoms with Crippen molar-refractivity contribution in [3.8, 4) is 0 Å². The number of anilines is 1. The summed E-state index contributed by atoms with van der Waals surface area (Å²) in [6.07, 6.45) is 1.78. The molecule has 1 atom stereocenters. The first kappa shape index (κ1) is 12.9. The fourth-order valence-corrected chi connectivity index (χ4v) is 2.62. The molecule has 0 saturated carbocycles. The largest absolute Gasteiger partial charge is 0.369 e. The van der Waals surface area contributed by atoms with E-state index in [2.05, 4.69) is 16.9 Å². The Morgan fingerprint density at radius 3 is 2.85 bits per heavy atom. The fourth-order valence-electron chi connectivity index (χ4n) is 2.42. The van der Waals surface area contributed by atoms with Crippen LogP contribution < -0.4 is 5.73 Å². The second-order valence-corrected chi connectivity index (χ2v) is 5.31. The summed E-state index contributed by atoms with van der Waals surface area (Å²) in [5.41, 5.74) is 9.87. The molecule has 0 amide bonds. The van der Waals surface area contributed by atoms with Crippen molar-refractivity contribution in [2.75, 3.05) is 5.73 Å². The third-order valence-electron chi connectivity index (χ3n) is 3.53. The molecule has 1 aromatic carbocycles. The SMILES string of the molecule is Cc1ccnc2c1nc(N)n2C(C)c1cccc(Cl)c1. The van der Waals surface area contributed by atoms with Gasteiger partial charge in [-0.25, -0.2) is 9.97 Å². The summed E-state index contributed by atoms with van der Waals surface area (Å²) in [5.74, 6) is 0.467. The maximum atomic E-state index is 6.08. The number of fused-ring (bicyclic) bond motifs is 1. The quantitative estimate of drug-likeness (QED) is 0.783. The van der Waals surface area contributed by atoms with Crippen LogP contribution in [0.3, 0.4) is 0 Å². The summed E-state index contributed by atoms with van der Waals surface area (Å²) in [6.45, 7) is 4.07. The number of nitrogen functional groups attached to an aromatic ring is 1. The van der Waals surface area contributed by atoms with E-state index in [-0.39, 0.29) is 6.04 Å². The molecule has 0 spiro atoms. The second-order valence-electron chi connectivity index (χ2n) is 4.87. The van der Waals surface area contributed by atoms with Crippen LogP contribution in [0.15, 0.2) is 36.5 Å². The topological polar surface area (TPSA) is 56.7 Å². The van der Waals surface area contributed by atoms with Crippen LogP contribution in [-0.4, -0.2) is 14.5 Å². The number of pyridine rings is 1. The molecule has 0 radical (unpaired) electrons. The van der Waals surface area contributed by atoms with Gasteiger partial charge in [-0.2, -0.15) is 0 Å². The number of benzene rings is 1. The Labute approximate surface area is 122 Å². The third-order valence-corrected chi connectivity index (χ3v) is 3.76. The van der Waals surface area contributed by atoms with Crippen LogP contribution in [0, 0.1) is 6.92 Å². The standard InChI is InChI=1S/C15H15ClN4/c1-9-6-7-18-14-13(9)19-15(17)20(14)10(2)11-4-3-5-12(16)8-11/h3-8,10H,1-2H3,(H2,17,19). The summed E-state index contributed by atoms with van der Waals surface area (Å²) in [6, 6.07) is 9.71. The first-order valence-electron chi connectivity index (χ1n) is 6.42. The molecule has 20 heavy (non-hydrogen) atoms. The Balaban J connectivity index is 2.19. The summed E-state index contributed by atoms with van der Waals surface area (Å²) < 4.78 is 1.94. The molecule has 3 rings (SSSR count). The lowest BCUT2D eigenvalue weighted by atomic mass is 10.1. The molecule has 0 saturated heterocycles. The number of rotatable bonds is 2. The molecular weight excluding hydrogens is 272 g/mol. The Bertz CT molecular complexity index is 779. The van der Waals surface area contributed by atoms with Crippen molar-refractivity contribution < 1.29 is 0 Å². The normalized spacial score (nSPS) is 12.8. The third kappa shape index (κ3) is 2.02. The zero-order valence-corrected chi connectivity index (χ0v) is 12.1. The Hall–Kier alpha value is -2.07.